The van der Waals surface area contributed by atoms with Gasteiger partial charge in [0.05, 0.1) is 30.5 Å². The van der Waals surface area contributed by atoms with Crippen molar-refractivity contribution in [1.29, 1.82) is 0 Å². The second-order valence-corrected chi connectivity index (χ2v) is 8.70. The monoisotopic (exact) mass is 466 g/mol. The molecule has 5 N–H and O–H groups in total. The molecule has 0 spiro atoms. The highest BCUT2D eigenvalue weighted by Crippen LogP contribution is 2.60. The maximum Gasteiger partial charge on any atom is 0.338 e. The number of ether oxygens (including phenoxy) is 5. The van der Waals surface area contributed by atoms with Crippen LogP contribution in [0.2, 0.25) is 0 Å². The molecule has 2 saturated heterocycles. The quantitative estimate of drug-likeness (QED) is 0.239. The zero-order valence-corrected chi connectivity index (χ0v) is 17.4. The minimum absolute atomic E-state index is 0.157. The Balaban J connectivity index is 1.32. The summed E-state index contributed by atoms with van der Waals surface area (Å²) in [5, 5.41) is 50.4. The lowest BCUT2D eigenvalue weighted by Crippen LogP contribution is -2.60. The van der Waals surface area contributed by atoms with Gasteiger partial charge in [0.15, 0.2) is 6.29 Å². The average molecular weight is 466 g/mol. The third-order valence-corrected chi connectivity index (χ3v) is 6.82. The Hall–Kier alpha value is -2.09. The van der Waals surface area contributed by atoms with Crippen molar-refractivity contribution in [2.24, 2.45) is 11.8 Å². The molecular formula is C22H26O11. The fourth-order valence-corrected chi connectivity index (χ4v) is 4.99. The van der Waals surface area contributed by atoms with Crippen molar-refractivity contribution in [3.8, 4) is 0 Å². The summed E-state index contributed by atoms with van der Waals surface area (Å²) in [5.74, 6) is -1.61. The number of aliphatic hydroxyl groups excluding tert-OH is 5. The Kier molecular flexibility index (Phi) is 5.91. The zero-order chi connectivity index (χ0) is 23.3. The summed E-state index contributed by atoms with van der Waals surface area (Å²) in [7, 11) is 0. The average Bonchev–Trinajstić information content (AvgIpc) is 3.52. The van der Waals surface area contributed by atoms with Gasteiger partial charge in [0.1, 0.15) is 42.7 Å². The highest BCUT2D eigenvalue weighted by molar-refractivity contribution is 5.89. The van der Waals surface area contributed by atoms with E-state index in [-0.39, 0.29) is 6.61 Å². The number of rotatable bonds is 6. The molecule has 11 atom stereocenters. The zero-order valence-electron chi connectivity index (χ0n) is 17.4. The number of carbonyl (C=O) groups excluding carboxylic acids is 1. The first kappa shape index (κ1) is 22.7. The van der Waals surface area contributed by atoms with Gasteiger partial charge >= 0.3 is 5.97 Å². The second kappa shape index (κ2) is 8.60. The summed E-state index contributed by atoms with van der Waals surface area (Å²) in [6, 6.07) is 8.44. The van der Waals surface area contributed by atoms with E-state index in [4.69, 9.17) is 23.7 Å². The molecule has 3 heterocycles. The standard InChI is InChI=1S/C22H26O11/c23-8-12-15(25)16(26)17(27)21(31-12)32-20-13-11(6-7-29-20)14(24)18-22(13,33-18)9-30-19(28)10-4-2-1-3-5-10/h1-7,11-18,20-21,23-27H,8-9H2/t11?,12-,13?,14+,15-,16+,17-,18+,20+,21+,22-/m1/s1. The molecule has 1 saturated carbocycles. The first-order valence-corrected chi connectivity index (χ1v) is 10.7. The highest BCUT2D eigenvalue weighted by Gasteiger charge is 2.76. The van der Waals surface area contributed by atoms with Crippen molar-refractivity contribution < 1.29 is 54.0 Å². The SMILES string of the molecule is O=C(OC[C@]12O[C@H]1[C@@H](O)C1C=CO[C@@H](O[C@@H]3O[C@H](CO)[C@@H](O)[C@H](O)[C@H]3O)C12)c1ccccc1. The molecule has 0 radical (unpaired) electrons. The van der Waals surface area contributed by atoms with Crippen LogP contribution in [0.25, 0.3) is 0 Å². The molecular weight excluding hydrogens is 440 g/mol. The van der Waals surface area contributed by atoms with Crippen molar-refractivity contribution in [3.05, 3.63) is 48.2 Å². The van der Waals surface area contributed by atoms with Crippen molar-refractivity contribution in [3.63, 3.8) is 0 Å². The molecule has 5 rings (SSSR count). The van der Waals surface area contributed by atoms with Crippen LogP contribution in [-0.4, -0.2) is 99.5 Å². The predicted molar refractivity (Wildman–Crippen MR) is 106 cm³/mol. The largest absolute Gasteiger partial charge is 0.472 e. The normalized spacial score (nSPS) is 45.6. The van der Waals surface area contributed by atoms with E-state index in [9.17, 15) is 30.3 Å². The van der Waals surface area contributed by atoms with Crippen LogP contribution in [0.1, 0.15) is 10.4 Å². The first-order valence-electron chi connectivity index (χ1n) is 10.7. The number of epoxide rings is 1. The van der Waals surface area contributed by atoms with E-state index in [0.29, 0.717) is 5.56 Å². The molecule has 4 aliphatic rings. The fraction of sp³-hybridized carbons (Fsp3) is 0.591. The summed E-state index contributed by atoms with van der Waals surface area (Å²) in [6.07, 6.45) is -6.93. The van der Waals surface area contributed by atoms with Crippen LogP contribution >= 0.6 is 0 Å². The summed E-state index contributed by atoms with van der Waals surface area (Å²) in [5.41, 5.74) is -0.701. The molecule has 11 heteroatoms. The maximum absolute atomic E-state index is 12.4. The molecule has 0 bridgehead atoms. The summed E-state index contributed by atoms with van der Waals surface area (Å²) < 4.78 is 28.1. The molecule has 3 aliphatic heterocycles. The molecule has 0 amide bonds. The lowest BCUT2D eigenvalue weighted by atomic mass is 9.85. The minimum Gasteiger partial charge on any atom is -0.472 e. The van der Waals surface area contributed by atoms with Crippen molar-refractivity contribution in [2.45, 2.75) is 54.8 Å². The van der Waals surface area contributed by atoms with Crippen LogP contribution in [0, 0.1) is 11.8 Å². The molecule has 180 valence electrons. The highest BCUT2D eigenvalue weighted by atomic mass is 16.8. The number of benzene rings is 1. The Morgan fingerprint density at radius 2 is 1.76 bits per heavy atom. The van der Waals surface area contributed by atoms with Gasteiger partial charge in [0, 0.05) is 5.92 Å². The molecule has 0 aromatic heterocycles. The van der Waals surface area contributed by atoms with Gasteiger partial charge < -0.3 is 49.2 Å². The van der Waals surface area contributed by atoms with E-state index in [1.807, 2.05) is 0 Å². The van der Waals surface area contributed by atoms with Crippen LogP contribution < -0.4 is 0 Å². The van der Waals surface area contributed by atoms with Gasteiger partial charge in [-0.2, -0.15) is 0 Å². The Morgan fingerprint density at radius 1 is 1.00 bits per heavy atom. The van der Waals surface area contributed by atoms with E-state index >= 15 is 0 Å². The van der Waals surface area contributed by atoms with Gasteiger partial charge in [0.2, 0.25) is 6.29 Å². The molecule has 1 aliphatic carbocycles. The van der Waals surface area contributed by atoms with E-state index in [1.54, 1.807) is 36.4 Å². The van der Waals surface area contributed by atoms with Gasteiger partial charge in [0.25, 0.3) is 0 Å². The number of aliphatic hydroxyl groups is 5. The topological polar surface area (TPSA) is 168 Å². The summed E-state index contributed by atoms with van der Waals surface area (Å²) in [4.78, 5) is 12.4. The first-order chi connectivity index (χ1) is 15.9. The molecule has 33 heavy (non-hydrogen) atoms. The van der Waals surface area contributed by atoms with E-state index < -0.39 is 79.2 Å². The van der Waals surface area contributed by atoms with Gasteiger partial charge in [-0.25, -0.2) is 4.79 Å². The summed E-state index contributed by atoms with van der Waals surface area (Å²) in [6.45, 7) is -0.763. The Bertz CT molecular complexity index is 892. The van der Waals surface area contributed by atoms with Crippen LogP contribution in [0.3, 0.4) is 0 Å². The molecule has 3 fully saturated rings. The van der Waals surface area contributed by atoms with Crippen LogP contribution in [-0.2, 0) is 23.7 Å². The maximum atomic E-state index is 12.4. The third kappa shape index (κ3) is 3.74. The van der Waals surface area contributed by atoms with Crippen LogP contribution in [0.5, 0.6) is 0 Å². The fourth-order valence-electron chi connectivity index (χ4n) is 4.99. The van der Waals surface area contributed by atoms with Crippen LogP contribution in [0.4, 0.5) is 0 Å². The minimum atomic E-state index is -1.62. The number of hydrogen-bond acceptors (Lipinski definition) is 11. The Labute approximate surface area is 188 Å². The molecule has 11 nitrogen and oxygen atoms in total. The lowest BCUT2D eigenvalue weighted by molar-refractivity contribution is -0.344. The lowest BCUT2D eigenvalue weighted by Gasteiger charge is -2.43. The van der Waals surface area contributed by atoms with Crippen molar-refractivity contribution >= 4 is 5.97 Å². The number of hydrogen-bond donors (Lipinski definition) is 5. The van der Waals surface area contributed by atoms with Gasteiger partial charge in [-0.05, 0) is 18.2 Å². The summed E-state index contributed by atoms with van der Waals surface area (Å²) >= 11 is 0. The van der Waals surface area contributed by atoms with Gasteiger partial charge in [-0.3, -0.25) is 0 Å². The van der Waals surface area contributed by atoms with Crippen molar-refractivity contribution in [1.82, 2.24) is 0 Å². The smallest absolute Gasteiger partial charge is 0.338 e. The van der Waals surface area contributed by atoms with E-state index in [2.05, 4.69) is 0 Å². The second-order valence-electron chi connectivity index (χ2n) is 8.70. The van der Waals surface area contributed by atoms with Crippen LogP contribution in [0.15, 0.2) is 42.7 Å². The van der Waals surface area contributed by atoms with Gasteiger partial charge in [-0.15, -0.1) is 0 Å². The van der Waals surface area contributed by atoms with Gasteiger partial charge in [-0.1, -0.05) is 18.2 Å². The van der Waals surface area contributed by atoms with E-state index in [0.717, 1.165) is 0 Å². The predicted octanol–water partition coefficient (Wildman–Crippen LogP) is -1.73. The third-order valence-electron chi connectivity index (χ3n) is 6.82. The molecule has 2 unspecified atom stereocenters. The molecule has 1 aromatic carbocycles. The van der Waals surface area contributed by atoms with E-state index in [1.165, 1.54) is 6.26 Å². The number of esters is 1. The van der Waals surface area contributed by atoms with Crippen molar-refractivity contribution in [2.75, 3.05) is 13.2 Å². The number of fused-ring (bicyclic) bond motifs is 3. The Morgan fingerprint density at radius 3 is 2.48 bits per heavy atom. The number of carbonyl (C=O) groups is 1. The molecule has 1 aromatic rings.